The standard InChI is InChI=1S/C21H18N6O2.3C20H16N6O2.C19H15N7O2/c1-13-2-3-16(11-23-13)26-7-6-14-10-15(4-5-17(14)26)27-8-9-29-20-18(21(27)28)19(22)24-12-25-20;3*21-18-17-19(24-12-23-18)28-10-9-25(20(17)27)14-4-5-15-13(11-14)6-8-26(15)16-3-1-2-7-22-16;20-16-15-18(24-11-23-16)28-8-7-25(19(15)27)13-9-12-4-6-26(17(12)22-10-13)14-3-1-2-5-21-14/h2-7,10-12H,8-9H2,1H3,(H2,22,24,25);3*1-8,11-12H,9-10H2,(H2,21,23,24);1-6,9-11H,7-8H2,(H2,20,23,24). The summed E-state index contributed by atoms with van der Waals surface area (Å²) in [6.07, 6.45) is 26.8. The Morgan fingerprint density at radius 3 is 0.809 bits per heavy atom. The quantitative estimate of drug-likeness (QED) is 0.0849. The highest BCUT2D eigenvalue weighted by molar-refractivity contribution is 6.15. The molecule has 0 fully saturated rings. The van der Waals surface area contributed by atoms with Gasteiger partial charge in [-0.1, -0.05) is 24.3 Å². The lowest BCUT2D eigenvalue weighted by molar-refractivity contribution is 0.0982. The van der Waals surface area contributed by atoms with Crippen LogP contribution in [0.3, 0.4) is 0 Å². The van der Waals surface area contributed by atoms with Gasteiger partial charge in [-0.05, 0) is 177 Å². The highest BCUT2D eigenvalue weighted by atomic mass is 16.5. The first kappa shape index (κ1) is 87.9. The summed E-state index contributed by atoms with van der Waals surface area (Å²) in [5.74, 6) is 3.56. The molecule has 0 radical (unpaired) electrons. The number of aryl methyl sites for hydroxylation is 1. The lowest BCUT2D eigenvalue weighted by Crippen LogP contribution is -2.32. The predicted octanol–water partition coefficient (Wildman–Crippen LogP) is 11.9. The average Bonchev–Trinajstić information content (AvgIpc) is 1.66. The molecule has 0 saturated heterocycles. The van der Waals surface area contributed by atoms with Gasteiger partial charge in [-0.25, -0.2) is 74.8 Å². The van der Waals surface area contributed by atoms with E-state index in [0.717, 1.165) is 112 Å². The summed E-state index contributed by atoms with van der Waals surface area (Å²) in [5, 5.41) is 4.90. The molecule has 5 aliphatic rings. The zero-order valence-electron chi connectivity index (χ0n) is 74.9. The van der Waals surface area contributed by atoms with Crippen molar-refractivity contribution >= 4 is 142 Å². The van der Waals surface area contributed by atoms with Crippen LogP contribution in [0, 0.1) is 6.92 Å². The summed E-state index contributed by atoms with van der Waals surface area (Å²) < 4.78 is 38.0. The summed E-state index contributed by atoms with van der Waals surface area (Å²) in [7, 11) is 0. The zero-order chi connectivity index (χ0) is 96.3. The minimum Gasteiger partial charge on any atom is -0.475 e. The molecule has 0 unspecified atom stereocenters. The van der Waals surface area contributed by atoms with Gasteiger partial charge >= 0.3 is 0 Å². The monoisotopic (exact) mass is 1880 g/mol. The van der Waals surface area contributed by atoms with E-state index in [1.54, 1.807) is 55.5 Å². The molecule has 41 nitrogen and oxygen atoms in total. The van der Waals surface area contributed by atoms with Gasteiger partial charge in [0, 0.05) is 111 Å². The molecule has 21 heterocycles. The van der Waals surface area contributed by atoms with Crippen molar-refractivity contribution in [2.24, 2.45) is 0 Å². The van der Waals surface area contributed by atoms with Crippen LogP contribution in [0.25, 0.3) is 83.6 Å². The first-order chi connectivity index (χ1) is 69.0. The number of rotatable bonds is 10. The minimum absolute atomic E-state index is 0.0947. The van der Waals surface area contributed by atoms with Crippen LogP contribution in [0.15, 0.2) is 294 Å². The Labute approximate surface area is 799 Å². The van der Waals surface area contributed by atoms with Crippen molar-refractivity contribution in [1.29, 1.82) is 0 Å². The third-order valence-corrected chi connectivity index (χ3v) is 23.8. The van der Waals surface area contributed by atoms with Crippen LogP contribution >= 0.6 is 0 Å². The van der Waals surface area contributed by atoms with E-state index in [2.05, 4.69) is 84.3 Å². The van der Waals surface area contributed by atoms with Gasteiger partial charge in [-0.15, -0.1) is 0 Å². The highest BCUT2D eigenvalue weighted by Gasteiger charge is 2.36. The second-order valence-corrected chi connectivity index (χ2v) is 32.1. The number of pyridine rings is 6. The van der Waals surface area contributed by atoms with E-state index >= 15 is 0 Å². The number of amides is 5. The van der Waals surface area contributed by atoms with Gasteiger partial charge in [0.2, 0.25) is 29.4 Å². The molecule has 5 aliphatic heterocycles. The fourth-order valence-electron chi connectivity index (χ4n) is 17.0. The second-order valence-electron chi connectivity index (χ2n) is 32.1. The molecule has 4 aromatic carbocycles. The molecule has 10 N–H and O–H groups in total. The molecule has 141 heavy (non-hydrogen) atoms. The van der Waals surface area contributed by atoms with Gasteiger partial charge in [0.1, 0.15) is 150 Å². The number of nitrogen functional groups attached to an aromatic ring is 5. The van der Waals surface area contributed by atoms with Gasteiger partial charge in [-0.2, -0.15) is 0 Å². The van der Waals surface area contributed by atoms with Crippen LogP contribution in [0.5, 0.6) is 29.4 Å². The molecule has 25 rings (SSSR count). The second kappa shape index (κ2) is 37.9. The van der Waals surface area contributed by atoms with Crippen molar-refractivity contribution in [2.45, 2.75) is 6.92 Å². The summed E-state index contributed by atoms with van der Waals surface area (Å²) in [6.45, 7) is 5.45. The zero-order valence-corrected chi connectivity index (χ0v) is 74.9. The van der Waals surface area contributed by atoms with Gasteiger partial charge < -0.3 is 95.1 Å². The highest BCUT2D eigenvalue weighted by Crippen LogP contribution is 2.39. The third kappa shape index (κ3) is 17.2. The number of nitrogens with zero attached hydrogens (tertiary/aromatic N) is 26. The van der Waals surface area contributed by atoms with E-state index < -0.39 is 0 Å². The summed E-state index contributed by atoms with van der Waals surface area (Å²) in [6, 6.07) is 62.3. The molecule has 41 heteroatoms. The molecule has 20 aromatic rings. The number of nitrogens with two attached hydrogens (primary N) is 5. The van der Waals surface area contributed by atoms with E-state index in [9.17, 15) is 24.0 Å². The fourth-order valence-corrected chi connectivity index (χ4v) is 17.0. The molecule has 16 aromatic heterocycles. The molecule has 5 amide bonds. The van der Waals surface area contributed by atoms with Crippen LogP contribution in [0.4, 0.5) is 57.5 Å². The van der Waals surface area contributed by atoms with Gasteiger partial charge in [0.05, 0.1) is 78.6 Å². The van der Waals surface area contributed by atoms with Crippen molar-refractivity contribution in [3.05, 3.63) is 327 Å². The minimum atomic E-state index is -0.309. The molecule has 0 bridgehead atoms. The topological polar surface area (TPSA) is 509 Å². The SMILES string of the molecule is Cc1ccc(-n2ccc3cc(N4CCOc5ncnc(N)c5C4=O)ccc32)cn1.Nc1ncnc2c1C(=O)N(c1ccc3c(ccn3-c3ccccn3)c1)CCO2.Nc1ncnc2c1C(=O)N(c1ccc3c(ccn3-c3ccccn3)c1)CCO2.Nc1ncnc2c1C(=O)N(c1ccc3c(ccn3-c3ccccn3)c1)CCO2.Nc1ncnc2c1C(=O)N(c1cnc3c(ccn3-c3ccccn3)c1)CCO2. The third-order valence-electron chi connectivity index (χ3n) is 23.8. The van der Waals surface area contributed by atoms with Crippen LogP contribution in [-0.4, -0.2) is 198 Å². The molecule has 0 aliphatic carbocycles. The molecule has 0 saturated carbocycles. The number of carbonyl (C=O) groups excluding carboxylic acids is 5. The van der Waals surface area contributed by atoms with E-state index in [4.69, 9.17) is 52.4 Å². The molecule has 0 atom stereocenters. The van der Waals surface area contributed by atoms with Crippen molar-refractivity contribution < 1.29 is 47.7 Å². The van der Waals surface area contributed by atoms with E-state index in [-0.39, 0.29) is 116 Å². The van der Waals surface area contributed by atoms with Gasteiger partial charge in [0.25, 0.3) is 29.5 Å². The number of hydrogen-bond acceptors (Lipinski definition) is 31. The number of fused-ring (bicyclic) bond motifs is 10. The molecular formula is C100H81N31O10. The number of carbonyl (C=O) groups is 5. The van der Waals surface area contributed by atoms with E-state index in [1.807, 2.05) is 256 Å². The number of ether oxygens (including phenoxy) is 5. The summed E-state index contributed by atoms with van der Waals surface area (Å²) in [4.78, 5) is 140. The molecule has 696 valence electrons. The Kier molecular flexibility index (Phi) is 23.6. The van der Waals surface area contributed by atoms with Gasteiger partial charge in [-0.3, -0.25) is 33.5 Å². The van der Waals surface area contributed by atoms with Crippen LogP contribution in [0.1, 0.15) is 57.5 Å². The molecule has 0 spiro atoms. The maximum absolute atomic E-state index is 13.1. The Hall–Kier alpha value is -19.8. The van der Waals surface area contributed by atoms with E-state index in [0.29, 0.717) is 71.4 Å². The largest absolute Gasteiger partial charge is 0.475 e. The number of hydrogen-bond donors (Lipinski definition) is 5. The summed E-state index contributed by atoms with van der Waals surface area (Å²) in [5.41, 5.74) is 41.0. The number of aromatic nitrogens is 21. The smallest absolute Gasteiger partial charge is 0.267 e. The Morgan fingerprint density at radius 1 is 0.248 bits per heavy atom. The maximum atomic E-state index is 13.1. The van der Waals surface area contributed by atoms with Crippen LogP contribution in [-0.2, 0) is 0 Å². The van der Waals surface area contributed by atoms with Gasteiger partial charge in [0.15, 0.2) is 0 Å². The predicted molar refractivity (Wildman–Crippen MR) is 526 cm³/mol. The Morgan fingerprint density at radius 2 is 0.511 bits per heavy atom. The van der Waals surface area contributed by atoms with Crippen molar-refractivity contribution in [1.82, 2.24) is 103 Å². The lowest BCUT2D eigenvalue weighted by Gasteiger charge is -2.20. The lowest BCUT2D eigenvalue weighted by atomic mass is 10.2. The Balaban J connectivity index is 0.000000104. The molecular weight excluding hydrogens is 1800 g/mol. The first-order valence-electron chi connectivity index (χ1n) is 44.3. The van der Waals surface area contributed by atoms with Crippen molar-refractivity contribution in [2.75, 3.05) is 119 Å². The van der Waals surface area contributed by atoms with Crippen LogP contribution in [0.2, 0.25) is 0 Å². The van der Waals surface area contributed by atoms with Crippen LogP contribution < -0.4 is 76.9 Å². The average molecular weight is 1880 g/mol. The number of benzene rings is 4. The fraction of sp³-hybridized carbons (Fsp3) is 0.110. The summed E-state index contributed by atoms with van der Waals surface area (Å²) >= 11 is 0. The Bertz CT molecular complexity index is 7440. The number of anilines is 10. The maximum Gasteiger partial charge on any atom is 0.267 e. The normalized spacial score (nSPS) is 13.9. The van der Waals surface area contributed by atoms with Crippen molar-refractivity contribution in [3.8, 4) is 58.4 Å². The van der Waals surface area contributed by atoms with E-state index in [1.165, 1.54) is 31.6 Å². The van der Waals surface area contributed by atoms with Crippen molar-refractivity contribution in [3.63, 3.8) is 0 Å². The first-order valence-corrected chi connectivity index (χ1v) is 44.3.